The van der Waals surface area contributed by atoms with Crippen molar-refractivity contribution in [3.63, 3.8) is 0 Å². The molecule has 3 rings (SSSR count). The van der Waals surface area contributed by atoms with Gasteiger partial charge in [-0.1, -0.05) is 41.9 Å². The third-order valence-electron chi connectivity index (χ3n) is 4.01. The number of halogens is 1. The van der Waals surface area contributed by atoms with Gasteiger partial charge in [-0.05, 0) is 24.6 Å². The van der Waals surface area contributed by atoms with Crippen LogP contribution in [0.5, 0.6) is 0 Å². The van der Waals surface area contributed by atoms with Crippen LogP contribution in [0.15, 0.2) is 46.7 Å². The quantitative estimate of drug-likeness (QED) is 0.829. The molecule has 4 nitrogen and oxygen atoms in total. The molecule has 0 unspecified atom stereocenters. The molecule has 23 heavy (non-hydrogen) atoms. The number of piperazine rings is 1. The van der Waals surface area contributed by atoms with Crippen LogP contribution in [0.2, 0.25) is 4.34 Å². The molecule has 0 bridgehead atoms. The van der Waals surface area contributed by atoms with E-state index in [0.29, 0.717) is 15.1 Å². The molecule has 1 saturated heterocycles. The fourth-order valence-electron chi connectivity index (χ4n) is 2.91. The van der Waals surface area contributed by atoms with Crippen LogP contribution in [0.1, 0.15) is 12.5 Å². The molecule has 1 fully saturated rings. The second kappa shape index (κ2) is 6.91. The zero-order chi connectivity index (χ0) is 16.4. The lowest BCUT2D eigenvalue weighted by atomic mass is 10.1. The monoisotopic (exact) mass is 370 g/mol. The Morgan fingerprint density at radius 2 is 1.91 bits per heavy atom. The summed E-state index contributed by atoms with van der Waals surface area (Å²) in [6.45, 7) is 4.78. The highest BCUT2D eigenvalue weighted by molar-refractivity contribution is 7.91. The van der Waals surface area contributed by atoms with E-state index in [1.165, 1.54) is 5.56 Å². The van der Waals surface area contributed by atoms with Crippen LogP contribution in [-0.4, -0.2) is 43.3 Å². The Kier molecular flexibility index (Phi) is 5.08. The standard InChI is InChI=1S/C16H19ClN2O2S2/c1-13-11-18(12-14-5-3-2-4-6-14)9-10-19(13)23(20,21)16-8-7-15(17)22-16/h2-8,13H,9-12H2,1H3/t13-/m1/s1. The molecule has 0 spiro atoms. The summed E-state index contributed by atoms with van der Waals surface area (Å²) in [5.41, 5.74) is 1.25. The molecule has 0 aliphatic carbocycles. The van der Waals surface area contributed by atoms with Gasteiger partial charge in [0, 0.05) is 32.2 Å². The summed E-state index contributed by atoms with van der Waals surface area (Å²) in [6, 6.07) is 13.4. The Balaban J connectivity index is 1.69. The number of sulfonamides is 1. The van der Waals surface area contributed by atoms with E-state index in [1.807, 2.05) is 25.1 Å². The van der Waals surface area contributed by atoms with E-state index >= 15 is 0 Å². The minimum Gasteiger partial charge on any atom is -0.296 e. The molecule has 0 amide bonds. The fourth-order valence-corrected chi connectivity index (χ4v) is 6.14. The topological polar surface area (TPSA) is 40.6 Å². The number of rotatable bonds is 4. The minimum absolute atomic E-state index is 0.0571. The molecule has 0 saturated carbocycles. The van der Waals surface area contributed by atoms with Crippen LogP contribution in [-0.2, 0) is 16.6 Å². The van der Waals surface area contributed by atoms with Gasteiger partial charge in [0.25, 0.3) is 10.0 Å². The average Bonchev–Trinajstić information content (AvgIpc) is 2.95. The molecular weight excluding hydrogens is 352 g/mol. The van der Waals surface area contributed by atoms with E-state index in [2.05, 4.69) is 17.0 Å². The normalized spacial score (nSPS) is 20.7. The van der Waals surface area contributed by atoms with Gasteiger partial charge >= 0.3 is 0 Å². The van der Waals surface area contributed by atoms with Gasteiger partial charge in [-0.3, -0.25) is 4.90 Å². The van der Waals surface area contributed by atoms with Gasteiger partial charge in [-0.2, -0.15) is 4.31 Å². The first-order chi connectivity index (χ1) is 11.0. The number of thiophene rings is 1. The van der Waals surface area contributed by atoms with Crippen molar-refractivity contribution in [1.29, 1.82) is 0 Å². The van der Waals surface area contributed by atoms with Crippen molar-refractivity contribution in [2.75, 3.05) is 19.6 Å². The maximum absolute atomic E-state index is 12.7. The molecule has 7 heteroatoms. The van der Waals surface area contributed by atoms with Gasteiger partial charge in [0.2, 0.25) is 0 Å². The largest absolute Gasteiger partial charge is 0.296 e. The second-order valence-corrected chi connectivity index (χ2v) is 9.58. The van der Waals surface area contributed by atoms with E-state index in [9.17, 15) is 8.42 Å². The molecule has 1 aliphatic rings. The highest BCUT2D eigenvalue weighted by Gasteiger charge is 2.34. The van der Waals surface area contributed by atoms with Gasteiger partial charge in [0.05, 0.1) is 4.34 Å². The number of hydrogen-bond donors (Lipinski definition) is 0. The molecule has 1 aromatic carbocycles. The zero-order valence-electron chi connectivity index (χ0n) is 12.9. The maximum atomic E-state index is 12.7. The average molecular weight is 371 g/mol. The molecule has 1 aliphatic heterocycles. The zero-order valence-corrected chi connectivity index (χ0v) is 15.2. The molecule has 0 N–H and O–H groups in total. The lowest BCUT2D eigenvalue weighted by Crippen LogP contribution is -2.53. The molecular formula is C16H19ClN2O2S2. The fraction of sp³-hybridized carbons (Fsp3) is 0.375. The predicted molar refractivity (Wildman–Crippen MR) is 94.4 cm³/mol. The van der Waals surface area contributed by atoms with E-state index in [4.69, 9.17) is 11.6 Å². The van der Waals surface area contributed by atoms with Gasteiger partial charge in [-0.15, -0.1) is 11.3 Å². The van der Waals surface area contributed by atoms with Crippen molar-refractivity contribution >= 4 is 33.0 Å². The number of benzene rings is 1. The molecule has 2 heterocycles. The minimum atomic E-state index is -3.45. The van der Waals surface area contributed by atoms with E-state index in [1.54, 1.807) is 16.4 Å². The second-order valence-electron chi connectivity index (χ2n) is 5.74. The van der Waals surface area contributed by atoms with Crippen molar-refractivity contribution in [3.8, 4) is 0 Å². The summed E-state index contributed by atoms with van der Waals surface area (Å²) in [6.07, 6.45) is 0. The third-order valence-corrected chi connectivity index (χ3v) is 7.72. The SMILES string of the molecule is C[C@@H]1CN(Cc2ccccc2)CCN1S(=O)(=O)c1ccc(Cl)s1. The first-order valence-corrected chi connectivity index (χ1v) is 10.1. The Bertz CT molecular complexity index is 761. The van der Waals surface area contributed by atoms with Crippen molar-refractivity contribution in [2.45, 2.75) is 23.7 Å². The Labute approximate surface area is 146 Å². The van der Waals surface area contributed by atoms with Crippen LogP contribution in [0.25, 0.3) is 0 Å². The molecule has 1 aromatic heterocycles. The lowest BCUT2D eigenvalue weighted by Gasteiger charge is -2.38. The van der Waals surface area contributed by atoms with E-state index in [0.717, 1.165) is 31.0 Å². The Morgan fingerprint density at radius 1 is 1.17 bits per heavy atom. The van der Waals surface area contributed by atoms with E-state index < -0.39 is 10.0 Å². The summed E-state index contributed by atoms with van der Waals surface area (Å²) >= 11 is 7.00. The van der Waals surface area contributed by atoms with Crippen LogP contribution in [0, 0.1) is 0 Å². The van der Waals surface area contributed by atoms with Crippen LogP contribution < -0.4 is 0 Å². The van der Waals surface area contributed by atoms with Crippen molar-refractivity contribution < 1.29 is 8.42 Å². The summed E-state index contributed by atoms with van der Waals surface area (Å²) in [4.78, 5) is 2.30. The predicted octanol–water partition coefficient (Wildman–Crippen LogP) is 3.30. The van der Waals surface area contributed by atoms with Crippen molar-refractivity contribution in [2.24, 2.45) is 0 Å². The summed E-state index contributed by atoms with van der Waals surface area (Å²) in [5, 5.41) is 0. The highest BCUT2D eigenvalue weighted by Crippen LogP contribution is 2.30. The van der Waals surface area contributed by atoms with Gasteiger partial charge in [0.1, 0.15) is 4.21 Å². The Morgan fingerprint density at radius 3 is 2.52 bits per heavy atom. The van der Waals surface area contributed by atoms with Crippen LogP contribution in [0.4, 0.5) is 0 Å². The molecule has 1 atom stereocenters. The molecule has 124 valence electrons. The first kappa shape index (κ1) is 16.9. The molecule has 0 radical (unpaired) electrons. The highest BCUT2D eigenvalue weighted by atomic mass is 35.5. The first-order valence-electron chi connectivity index (χ1n) is 7.50. The third kappa shape index (κ3) is 3.78. The van der Waals surface area contributed by atoms with Crippen LogP contribution >= 0.6 is 22.9 Å². The maximum Gasteiger partial charge on any atom is 0.252 e. The van der Waals surface area contributed by atoms with Gasteiger partial charge in [0.15, 0.2) is 0 Å². The van der Waals surface area contributed by atoms with Gasteiger partial charge in [-0.25, -0.2) is 8.42 Å². The van der Waals surface area contributed by atoms with E-state index in [-0.39, 0.29) is 6.04 Å². The Hall–Kier alpha value is -0.920. The smallest absolute Gasteiger partial charge is 0.252 e. The summed E-state index contributed by atoms with van der Waals surface area (Å²) in [5.74, 6) is 0. The lowest BCUT2D eigenvalue weighted by molar-refractivity contribution is 0.138. The molecule has 2 aromatic rings. The number of nitrogens with zero attached hydrogens (tertiary/aromatic N) is 2. The van der Waals surface area contributed by atoms with Crippen molar-refractivity contribution in [1.82, 2.24) is 9.21 Å². The number of hydrogen-bond acceptors (Lipinski definition) is 4. The summed E-state index contributed by atoms with van der Waals surface area (Å²) < 4.78 is 27.9. The van der Waals surface area contributed by atoms with Crippen molar-refractivity contribution in [3.05, 3.63) is 52.4 Å². The summed E-state index contributed by atoms with van der Waals surface area (Å²) in [7, 11) is -3.45. The van der Waals surface area contributed by atoms with Gasteiger partial charge < -0.3 is 0 Å². The van der Waals surface area contributed by atoms with Crippen LogP contribution in [0.3, 0.4) is 0 Å².